The zero-order valence-electron chi connectivity index (χ0n) is 7.98. The molecular formula is C9H13Cl2N3. The van der Waals surface area contributed by atoms with Crippen LogP contribution in [0.25, 0.3) is 0 Å². The van der Waals surface area contributed by atoms with Crippen LogP contribution in [0.1, 0.15) is 6.42 Å². The van der Waals surface area contributed by atoms with E-state index in [-0.39, 0.29) is 0 Å². The maximum absolute atomic E-state index is 5.92. The highest BCUT2D eigenvalue weighted by molar-refractivity contribution is 6.38. The fraction of sp³-hybridized carbons (Fsp3) is 0.444. The van der Waals surface area contributed by atoms with Crippen LogP contribution in [-0.4, -0.2) is 25.1 Å². The standard InChI is InChI=1S/C9H13Cl2N3/c1-12-3-2-4-14-9-7(10)5-13-6-8(9)11/h5-6,12H,2-4H2,1H3,(H,13,14). The Labute approximate surface area is 93.8 Å². The Morgan fingerprint density at radius 3 is 2.43 bits per heavy atom. The van der Waals surface area contributed by atoms with Gasteiger partial charge < -0.3 is 10.6 Å². The Balaban J connectivity index is 2.49. The van der Waals surface area contributed by atoms with Crippen molar-refractivity contribution < 1.29 is 0 Å². The molecule has 0 unspecified atom stereocenters. The van der Waals surface area contributed by atoms with E-state index in [2.05, 4.69) is 15.6 Å². The number of rotatable bonds is 5. The normalized spacial score (nSPS) is 10.2. The molecule has 0 saturated carbocycles. The molecule has 1 aromatic heterocycles. The van der Waals surface area contributed by atoms with Gasteiger partial charge in [0.2, 0.25) is 0 Å². The second-order valence-electron chi connectivity index (χ2n) is 2.86. The first-order chi connectivity index (χ1) is 6.75. The molecule has 0 radical (unpaired) electrons. The number of nitrogens with one attached hydrogen (secondary N) is 2. The maximum atomic E-state index is 5.92. The number of anilines is 1. The van der Waals surface area contributed by atoms with E-state index in [0.29, 0.717) is 10.0 Å². The lowest BCUT2D eigenvalue weighted by atomic mass is 10.3. The summed E-state index contributed by atoms with van der Waals surface area (Å²) in [6, 6.07) is 0. The summed E-state index contributed by atoms with van der Waals surface area (Å²) in [5, 5.41) is 7.35. The molecule has 0 amide bonds. The van der Waals surface area contributed by atoms with Gasteiger partial charge in [-0.05, 0) is 20.0 Å². The van der Waals surface area contributed by atoms with E-state index in [1.165, 1.54) is 0 Å². The average molecular weight is 234 g/mol. The summed E-state index contributed by atoms with van der Waals surface area (Å²) in [6.45, 7) is 1.80. The number of nitrogens with zero attached hydrogens (tertiary/aromatic N) is 1. The first kappa shape index (κ1) is 11.6. The van der Waals surface area contributed by atoms with Gasteiger partial charge in [-0.25, -0.2) is 0 Å². The molecule has 0 aliphatic carbocycles. The van der Waals surface area contributed by atoms with Gasteiger partial charge in [0, 0.05) is 18.9 Å². The third kappa shape index (κ3) is 3.33. The van der Waals surface area contributed by atoms with E-state index in [9.17, 15) is 0 Å². The number of halogens is 2. The zero-order valence-corrected chi connectivity index (χ0v) is 9.49. The van der Waals surface area contributed by atoms with E-state index >= 15 is 0 Å². The van der Waals surface area contributed by atoms with Crippen LogP contribution in [0.5, 0.6) is 0 Å². The van der Waals surface area contributed by atoms with Crippen molar-refractivity contribution in [1.29, 1.82) is 0 Å². The molecule has 0 aliphatic heterocycles. The predicted molar refractivity (Wildman–Crippen MR) is 61.3 cm³/mol. The molecule has 0 bridgehead atoms. The van der Waals surface area contributed by atoms with Crippen molar-refractivity contribution in [3.05, 3.63) is 22.4 Å². The Morgan fingerprint density at radius 2 is 1.86 bits per heavy atom. The predicted octanol–water partition coefficient (Wildman–Crippen LogP) is 2.41. The molecule has 1 rings (SSSR count). The average Bonchev–Trinajstić information content (AvgIpc) is 2.16. The molecule has 3 nitrogen and oxygen atoms in total. The van der Waals surface area contributed by atoms with Crippen LogP contribution < -0.4 is 10.6 Å². The van der Waals surface area contributed by atoms with Gasteiger partial charge in [-0.3, -0.25) is 4.98 Å². The van der Waals surface area contributed by atoms with E-state index < -0.39 is 0 Å². The lowest BCUT2D eigenvalue weighted by Crippen LogP contribution is -2.13. The zero-order chi connectivity index (χ0) is 10.4. The second kappa shape index (κ2) is 6.06. The van der Waals surface area contributed by atoms with Crippen LogP contribution in [0.4, 0.5) is 5.69 Å². The van der Waals surface area contributed by atoms with Gasteiger partial charge in [-0.2, -0.15) is 0 Å². The molecule has 2 N–H and O–H groups in total. The number of aromatic nitrogens is 1. The van der Waals surface area contributed by atoms with Crippen LogP contribution in [-0.2, 0) is 0 Å². The number of hydrogen-bond donors (Lipinski definition) is 2. The summed E-state index contributed by atoms with van der Waals surface area (Å²) in [7, 11) is 1.92. The van der Waals surface area contributed by atoms with Crippen molar-refractivity contribution in [3.63, 3.8) is 0 Å². The molecule has 14 heavy (non-hydrogen) atoms. The molecule has 0 saturated heterocycles. The monoisotopic (exact) mass is 233 g/mol. The molecule has 0 aliphatic rings. The van der Waals surface area contributed by atoms with Crippen LogP contribution in [0.2, 0.25) is 10.0 Å². The molecule has 0 fully saturated rings. The topological polar surface area (TPSA) is 37.0 Å². The maximum Gasteiger partial charge on any atom is 0.0836 e. The van der Waals surface area contributed by atoms with Crippen LogP contribution in [0.15, 0.2) is 12.4 Å². The SMILES string of the molecule is CNCCCNc1c(Cl)cncc1Cl. The highest BCUT2D eigenvalue weighted by Crippen LogP contribution is 2.28. The molecular weight excluding hydrogens is 221 g/mol. The van der Waals surface area contributed by atoms with Gasteiger partial charge in [-0.1, -0.05) is 23.2 Å². The first-order valence-corrected chi connectivity index (χ1v) is 5.18. The summed E-state index contributed by atoms with van der Waals surface area (Å²) in [4.78, 5) is 3.87. The summed E-state index contributed by atoms with van der Waals surface area (Å²) in [6.07, 6.45) is 4.17. The van der Waals surface area contributed by atoms with Gasteiger partial charge in [0.15, 0.2) is 0 Å². The third-order valence-corrected chi connectivity index (χ3v) is 2.33. The van der Waals surface area contributed by atoms with E-state index in [1.807, 2.05) is 7.05 Å². The molecule has 0 spiro atoms. The van der Waals surface area contributed by atoms with E-state index in [0.717, 1.165) is 25.2 Å². The largest absolute Gasteiger partial charge is 0.382 e. The van der Waals surface area contributed by atoms with Crippen LogP contribution in [0.3, 0.4) is 0 Å². The van der Waals surface area contributed by atoms with Crippen LogP contribution >= 0.6 is 23.2 Å². The van der Waals surface area contributed by atoms with Crippen molar-refractivity contribution >= 4 is 28.9 Å². The summed E-state index contributed by atoms with van der Waals surface area (Å²) < 4.78 is 0. The van der Waals surface area contributed by atoms with Gasteiger partial charge in [-0.15, -0.1) is 0 Å². The Morgan fingerprint density at radius 1 is 1.21 bits per heavy atom. The number of hydrogen-bond acceptors (Lipinski definition) is 3. The number of pyridine rings is 1. The second-order valence-corrected chi connectivity index (χ2v) is 3.68. The smallest absolute Gasteiger partial charge is 0.0836 e. The van der Waals surface area contributed by atoms with Gasteiger partial charge in [0.05, 0.1) is 15.7 Å². The first-order valence-electron chi connectivity index (χ1n) is 4.43. The third-order valence-electron chi connectivity index (χ3n) is 1.76. The van der Waals surface area contributed by atoms with E-state index in [1.54, 1.807) is 12.4 Å². The highest BCUT2D eigenvalue weighted by Gasteiger charge is 2.04. The Kier molecular flexibility index (Phi) is 5.01. The molecule has 5 heteroatoms. The van der Waals surface area contributed by atoms with E-state index in [4.69, 9.17) is 23.2 Å². The summed E-state index contributed by atoms with van der Waals surface area (Å²) in [5.41, 5.74) is 0.763. The molecule has 1 aromatic rings. The van der Waals surface area contributed by atoms with Gasteiger partial charge in [0.25, 0.3) is 0 Å². The fourth-order valence-corrected chi connectivity index (χ4v) is 1.56. The van der Waals surface area contributed by atoms with Gasteiger partial charge >= 0.3 is 0 Å². The summed E-state index contributed by atoms with van der Waals surface area (Å²) in [5.74, 6) is 0. The molecule has 0 aromatic carbocycles. The fourth-order valence-electron chi connectivity index (χ4n) is 1.06. The van der Waals surface area contributed by atoms with Crippen molar-refractivity contribution in [3.8, 4) is 0 Å². The van der Waals surface area contributed by atoms with Crippen molar-refractivity contribution in [2.75, 3.05) is 25.5 Å². The quantitative estimate of drug-likeness (QED) is 0.768. The Bertz CT molecular complexity index is 271. The minimum Gasteiger partial charge on any atom is -0.382 e. The molecule has 0 atom stereocenters. The van der Waals surface area contributed by atoms with Crippen LogP contribution in [0, 0.1) is 0 Å². The van der Waals surface area contributed by atoms with Crippen molar-refractivity contribution in [2.45, 2.75) is 6.42 Å². The lowest BCUT2D eigenvalue weighted by molar-refractivity contribution is 0.748. The minimum atomic E-state index is 0.557. The Hall–Kier alpha value is -0.510. The van der Waals surface area contributed by atoms with Gasteiger partial charge in [0.1, 0.15) is 0 Å². The lowest BCUT2D eigenvalue weighted by Gasteiger charge is -2.09. The van der Waals surface area contributed by atoms with Crippen molar-refractivity contribution in [1.82, 2.24) is 10.3 Å². The highest BCUT2D eigenvalue weighted by atomic mass is 35.5. The minimum absolute atomic E-state index is 0.557. The molecule has 78 valence electrons. The molecule has 1 heterocycles. The summed E-state index contributed by atoms with van der Waals surface area (Å²) >= 11 is 11.8. The van der Waals surface area contributed by atoms with Crippen molar-refractivity contribution in [2.24, 2.45) is 0 Å².